The number of benzene rings is 1. The van der Waals surface area contributed by atoms with Crippen LogP contribution in [0.15, 0.2) is 42.6 Å². The molecule has 0 aliphatic heterocycles. The minimum atomic E-state index is -1.01. The maximum absolute atomic E-state index is 10.9. The third kappa shape index (κ3) is 1.66. The molecule has 1 fully saturated rings. The van der Waals surface area contributed by atoms with Gasteiger partial charge in [0.1, 0.15) is 5.82 Å². The Bertz CT molecular complexity index is 592. The number of carbonyl (C=O) groups is 1. The van der Waals surface area contributed by atoms with Crippen molar-refractivity contribution in [3.63, 3.8) is 0 Å². The largest absolute Gasteiger partial charge is 0.477 e. The van der Waals surface area contributed by atoms with E-state index < -0.39 is 5.97 Å². The Morgan fingerprint density at radius 2 is 1.89 bits per heavy atom. The first kappa shape index (κ1) is 10.9. The van der Waals surface area contributed by atoms with Gasteiger partial charge in [-0.1, -0.05) is 30.3 Å². The van der Waals surface area contributed by atoms with Gasteiger partial charge in [-0.2, -0.15) is 0 Å². The van der Waals surface area contributed by atoms with Crippen LogP contribution in [0.3, 0.4) is 0 Å². The molecule has 0 radical (unpaired) electrons. The van der Waals surface area contributed by atoms with E-state index in [9.17, 15) is 4.79 Å². The summed E-state index contributed by atoms with van der Waals surface area (Å²) in [5.74, 6) is -0.392. The van der Waals surface area contributed by atoms with Crippen molar-refractivity contribution in [2.75, 3.05) is 0 Å². The van der Waals surface area contributed by atoms with Crippen molar-refractivity contribution < 1.29 is 9.90 Å². The van der Waals surface area contributed by atoms with E-state index in [2.05, 4.69) is 9.97 Å². The van der Waals surface area contributed by atoms with E-state index in [-0.39, 0.29) is 11.1 Å². The highest BCUT2D eigenvalue weighted by Gasteiger charge is 2.48. The fourth-order valence-electron chi connectivity index (χ4n) is 2.23. The van der Waals surface area contributed by atoms with Crippen molar-refractivity contribution >= 4 is 5.97 Å². The molecular formula is C14H12N2O2. The Morgan fingerprint density at radius 3 is 2.50 bits per heavy atom. The summed E-state index contributed by atoms with van der Waals surface area (Å²) in [6.45, 7) is 0. The number of hydrogen-bond acceptors (Lipinski definition) is 3. The van der Waals surface area contributed by atoms with Crippen LogP contribution in [-0.4, -0.2) is 21.0 Å². The van der Waals surface area contributed by atoms with Crippen molar-refractivity contribution in [3.8, 4) is 0 Å². The lowest BCUT2D eigenvalue weighted by molar-refractivity contribution is 0.0690. The monoisotopic (exact) mass is 240 g/mol. The van der Waals surface area contributed by atoms with Crippen molar-refractivity contribution in [1.29, 1.82) is 0 Å². The van der Waals surface area contributed by atoms with Crippen LogP contribution < -0.4 is 0 Å². The second-order valence-electron chi connectivity index (χ2n) is 4.52. The highest BCUT2D eigenvalue weighted by Crippen LogP contribution is 2.51. The zero-order valence-electron chi connectivity index (χ0n) is 9.71. The van der Waals surface area contributed by atoms with E-state index in [4.69, 9.17) is 5.11 Å². The maximum atomic E-state index is 10.9. The van der Waals surface area contributed by atoms with Gasteiger partial charge in [0, 0.05) is 6.20 Å². The predicted molar refractivity (Wildman–Crippen MR) is 65.4 cm³/mol. The molecule has 1 aliphatic rings. The minimum Gasteiger partial charge on any atom is -0.477 e. The van der Waals surface area contributed by atoms with Crippen LogP contribution in [0.2, 0.25) is 0 Å². The van der Waals surface area contributed by atoms with Crippen molar-refractivity contribution in [3.05, 3.63) is 59.7 Å². The predicted octanol–water partition coefficient (Wildman–Crippen LogP) is 2.25. The second kappa shape index (κ2) is 3.91. The van der Waals surface area contributed by atoms with Crippen LogP contribution in [0.5, 0.6) is 0 Å². The lowest BCUT2D eigenvalue weighted by Gasteiger charge is -2.14. The van der Waals surface area contributed by atoms with E-state index in [1.165, 1.54) is 12.3 Å². The number of aromatic carboxylic acids is 1. The van der Waals surface area contributed by atoms with Crippen LogP contribution in [-0.2, 0) is 5.41 Å². The molecule has 1 aliphatic carbocycles. The molecule has 0 bridgehead atoms. The van der Waals surface area contributed by atoms with Gasteiger partial charge in [-0.15, -0.1) is 0 Å². The fourth-order valence-corrected chi connectivity index (χ4v) is 2.23. The molecule has 1 aromatic carbocycles. The first-order valence-corrected chi connectivity index (χ1v) is 5.85. The summed E-state index contributed by atoms with van der Waals surface area (Å²) < 4.78 is 0. The number of aromatic nitrogens is 2. The lowest BCUT2D eigenvalue weighted by Crippen LogP contribution is -2.15. The van der Waals surface area contributed by atoms with Gasteiger partial charge in [0.2, 0.25) is 0 Å². The Labute approximate surface area is 104 Å². The molecule has 4 nitrogen and oxygen atoms in total. The quantitative estimate of drug-likeness (QED) is 0.893. The van der Waals surface area contributed by atoms with Gasteiger partial charge in [-0.25, -0.2) is 14.8 Å². The van der Waals surface area contributed by atoms with Crippen LogP contribution in [0.25, 0.3) is 0 Å². The lowest BCUT2D eigenvalue weighted by atomic mass is 9.95. The van der Waals surface area contributed by atoms with E-state index in [0.29, 0.717) is 5.82 Å². The van der Waals surface area contributed by atoms with Crippen molar-refractivity contribution in [1.82, 2.24) is 9.97 Å². The van der Waals surface area contributed by atoms with E-state index >= 15 is 0 Å². The minimum absolute atomic E-state index is 0.0576. The first-order chi connectivity index (χ1) is 8.72. The van der Waals surface area contributed by atoms with Gasteiger partial charge >= 0.3 is 5.97 Å². The third-order valence-electron chi connectivity index (χ3n) is 3.38. The van der Waals surface area contributed by atoms with Gasteiger partial charge in [0.15, 0.2) is 5.69 Å². The summed E-state index contributed by atoms with van der Waals surface area (Å²) in [7, 11) is 0. The van der Waals surface area contributed by atoms with Gasteiger partial charge < -0.3 is 5.11 Å². The zero-order valence-corrected chi connectivity index (χ0v) is 9.71. The molecule has 1 N–H and O–H groups in total. The number of carboxylic acids is 1. The van der Waals surface area contributed by atoms with Gasteiger partial charge in [-0.05, 0) is 24.5 Å². The Hall–Kier alpha value is -2.23. The van der Waals surface area contributed by atoms with Crippen molar-refractivity contribution in [2.45, 2.75) is 18.3 Å². The smallest absolute Gasteiger partial charge is 0.354 e. The van der Waals surface area contributed by atoms with Crippen LogP contribution in [0, 0.1) is 0 Å². The van der Waals surface area contributed by atoms with Gasteiger partial charge in [0.05, 0.1) is 5.41 Å². The molecule has 18 heavy (non-hydrogen) atoms. The van der Waals surface area contributed by atoms with Crippen molar-refractivity contribution in [2.24, 2.45) is 0 Å². The number of carboxylic acid groups (broad SMARTS) is 1. The van der Waals surface area contributed by atoms with Gasteiger partial charge in [0.25, 0.3) is 0 Å². The SMILES string of the molecule is O=C(O)c1ccnc(C2(c3ccccc3)CC2)n1. The molecule has 1 aromatic heterocycles. The molecule has 90 valence electrons. The standard InChI is InChI=1S/C14H12N2O2/c17-12(18)11-6-9-15-13(16-11)14(7-8-14)10-4-2-1-3-5-10/h1-6,9H,7-8H2,(H,17,18). The zero-order chi connectivity index (χ0) is 12.6. The molecule has 3 rings (SSSR count). The average molecular weight is 240 g/mol. The Balaban J connectivity index is 2.05. The van der Waals surface area contributed by atoms with E-state index in [1.807, 2.05) is 30.3 Å². The van der Waals surface area contributed by atoms with Crippen LogP contribution >= 0.6 is 0 Å². The molecule has 1 heterocycles. The first-order valence-electron chi connectivity index (χ1n) is 5.85. The molecular weight excluding hydrogens is 228 g/mol. The van der Waals surface area contributed by atoms with Gasteiger partial charge in [-0.3, -0.25) is 0 Å². The number of rotatable bonds is 3. The van der Waals surface area contributed by atoms with E-state index in [1.54, 1.807) is 0 Å². The molecule has 0 saturated heterocycles. The highest BCUT2D eigenvalue weighted by molar-refractivity contribution is 5.85. The molecule has 0 atom stereocenters. The number of hydrogen-bond donors (Lipinski definition) is 1. The molecule has 0 spiro atoms. The molecule has 0 unspecified atom stereocenters. The average Bonchev–Trinajstić information content (AvgIpc) is 3.21. The molecule has 2 aromatic rings. The highest BCUT2D eigenvalue weighted by atomic mass is 16.4. The van der Waals surface area contributed by atoms with E-state index in [0.717, 1.165) is 18.4 Å². The number of nitrogens with zero attached hydrogens (tertiary/aromatic N) is 2. The molecule has 0 amide bonds. The normalized spacial score (nSPS) is 16.2. The van der Waals surface area contributed by atoms with Crippen LogP contribution in [0.4, 0.5) is 0 Å². The summed E-state index contributed by atoms with van der Waals surface area (Å²) in [6.07, 6.45) is 3.47. The fraction of sp³-hybridized carbons (Fsp3) is 0.214. The second-order valence-corrected chi connectivity index (χ2v) is 4.52. The summed E-state index contributed by atoms with van der Waals surface area (Å²) in [5, 5.41) is 8.98. The third-order valence-corrected chi connectivity index (χ3v) is 3.38. The summed E-state index contributed by atoms with van der Waals surface area (Å²) in [4.78, 5) is 19.4. The maximum Gasteiger partial charge on any atom is 0.354 e. The summed E-state index contributed by atoms with van der Waals surface area (Å²) in [6, 6.07) is 11.4. The molecule has 4 heteroatoms. The Morgan fingerprint density at radius 1 is 1.17 bits per heavy atom. The Kier molecular flexibility index (Phi) is 2.37. The topological polar surface area (TPSA) is 63.1 Å². The molecule has 1 saturated carbocycles. The summed E-state index contributed by atoms with van der Waals surface area (Å²) in [5.41, 5.74) is 1.04. The van der Waals surface area contributed by atoms with Crippen LogP contribution in [0.1, 0.15) is 34.7 Å². The summed E-state index contributed by atoms with van der Waals surface area (Å²) >= 11 is 0.